The standard InChI is InChI=1S/C38H36N4O6/c1-5-39-37(43)34-33(36-40-38(48-42-36)27-16-18-28(44-4)19-17-27)35(47-41-34)30-20-29(24(2)3)31(45-22-25-12-8-6-9-13-25)21-32(30)46-23-26-14-10-7-11-15-26/h6-21,24H,5,22-23H2,1-4H3,(H,39,43). The Morgan fingerprint density at radius 3 is 2.06 bits per heavy atom. The van der Waals surface area contributed by atoms with E-state index in [4.69, 9.17) is 23.3 Å². The fraction of sp³-hybridized carbons (Fsp3) is 0.211. The van der Waals surface area contributed by atoms with E-state index in [1.54, 1.807) is 19.2 Å². The average molecular weight is 645 g/mol. The zero-order valence-corrected chi connectivity index (χ0v) is 27.2. The lowest BCUT2D eigenvalue weighted by atomic mass is 9.96. The van der Waals surface area contributed by atoms with Crippen LogP contribution in [0.4, 0.5) is 0 Å². The van der Waals surface area contributed by atoms with Crippen molar-refractivity contribution in [1.29, 1.82) is 0 Å². The summed E-state index contributed by atoms with van der Waals surface area (Å²) in [5.74, 6) is 2.14. The Balaban J connectivity index is 1.48. The summed E-state index contributed by atoms with van der Waals surface area (Å²) < 4.78 is 29.8. The molecule has 0 aliphatic heterocycles. The van der Waals surface area contributed by atoms with Crippen molar-refractivity contribution in [1.82, 2.24) is 20.6 Å². The highest BCUT2D eigenvalue weighted by atomic mass is 16.5. The Morgan fingerprint density at radius 1 is 0.812 bits per heavy atom. The summed E-state index contributed by atoms with van der Waals surface area (Å²) >= 11 is 0. The van der Waals surface area contributed by atoms with E-state index >= 15 is 0 Å². The van der Waals surface area contributed by atoms with Gasteiger partial charge in [-0.15, -0.1) is 0 Å². The van der Waals surface area contributed by atoms with Gasteiger partial charge in [0.05, 0.1) is 12.7 Å². The molecule has 1 N–H and O–H groups in total. The Labute approximate surface area is 278 Å². The van der Waals surface area contributed by atoms with Crippen LogP contribution in [-0.2, 0) is 13.2 Å². The van der Waals surface area contributed by atoms with Gasteiger partial charge in [0, 0.05) is 18.2 Å². The van der Waals surface area contributed by atoms with Gasteiger partial charge >= 0.3 is 0 Å². The van der Waals surface area contributed by atoms with Gasteiger partial charge in [-0.2, -0.15) is 4.98 Å². The summed E-state index contributed by atoms with van der Waals surface area (Å²) in [6, 6.07) is 30.9. The molecule has 0 bridgehead atoms. The number of hydrogen-bond donors (Lipinski definition) is 1. The number of methoxy groups -OCH3 is 1. The molecule has 1 amide bonds. The van der Waals surface area contributed by atoms with Crippen LogP contribution in [0.15, 0.2) is 106 Å². The molecule has 10 nitrogen and oxygen atoms in total. The zero-order valence-electron chi connectivity index (χ0n) is 27.2. The summed E-state index contributed by atoms with van der Waals surface area (Å²) in [4.78, 5) is 18.0. The molecule has 0 spiro atoms. The molecule has 0 radical (unpaired) electrons. The number of amides is 1. The monoisotopic (exact) mass is 644 g/mol. The van der Waals surface area contributed by atoms with Crippen LogP contribution in [0.1, 0.15) is 53.9 Å². The molecule has 2 heterocycles. The Morgan fingerprint density at radius 2 is 1.46 bits per heavy atom. The van der Waals surface area contributed by atoms with Gasteiger partial charge in [0.2, 0.25) is 5.82 Å². The van der Waals surface area contributed by atoms with Crippen molar-refractivity contribution in [3.8, 4) is 51.4 Å². The minimum atomic E-state index is -0.433. The normalized spacial score (nSPS) is 11.0. The van der Waals surface area contributed by atoms with Crippen molar-refractivity contribution in [3.05, 3.63) is 119 Å². The first-order chi connectivity index (χ1) is 23.4. The number of nitrogens with one attached hydrogen (secondary N) is 1. The van der Waals surface area contributed by atoms with E-state index in [9.17, 15) is 4.79 Å². The van der Waals surface area contributed by atoms with Crippen molar-refractivity contribution >= 4 is 5.91 Å². The molecule has 0 aliphatic carbocycles. The SMILES string of the molecule is CCNC(=O)c1noc(-c2cc(C(C)C)c(OCc3ccccc3)cc2OCc2ccccc2)c1-c1noc(-c2ccc(OC)cc2)n1. The number of carbonyl (C=O) groups is 1. The molecule has 244 valence electrons. The molecule has 4 aromatic carbocycles. The summed E-state index contributed by atoms with van der Waals surface area (Å²) in [5.41, 5.74) is 4.49. The fourth-order valence-electron chi connectivity index (χ4n) is 5.18. The summed E-state index contributed by atoms with van der Waals surface area (Å²) in [5, 5.41) is 11.3. The summed E-state index contributed by atoms with van der Waals surface area (Å²) in [7, 11) is 1.60. The van der Waals surface area contributed by atoms with E-state index in [0.29, 0.717) is 41.5 Å². The van der Waals surface area contributed by atoms with E-state index in [2.05, 4.69) is 34.5 Å². The molecule has 0 saturated carbocycles. The van der Waals surface area contributed by atoms with Crippen LogP contribution >= 0.6 is 0 Å². The summed E-state index contributed by atoms with van der Waals surface area (Å²) in [6.07, 6.45) is 0. The maximum atomic E-state index is 13.3. The van der Waals surface area contributed by atoms with Gasteiger partial charge in [0.15, 0.2) is 11.5 Å². The third-order valence-corrected chi connectivity index (χ3v) is 7.68. The van der Waals surface area contributed by atoms with Crippen LogP contribution in [0.5, 0.6) is 17.2 Å². The van der Waals surface area contributed by atoms with Gasteiger partial charge in [0.25, 0.3) is 11.8 Å². The quantitative estimate of drug-likeness (QED) is 0.133. The fourth-order valence-corrected chi connectivity index (χ4v) is 5.18. The predicted molar refractivity (Wildman–Crippen MR) is 181 cm³/mol. The minimum absolute atomic E-state index is 0.0263. The highest BCUT2D eigenvalue weighted by Gasteiger charge is 2.31. The van der Waals surface area contributed by atoms with Gasteiger partial charge in [-0.25, -0.2) is 0 Å². The molecule has 6 aromatic rings. The lowest BCUT2D eigenvalue weighted by Crippen LogP contribution is -2.23. The van der Waals surface area contributed by atoms with Crippen LogP contribution in [-0.4, -0.2) is 34.9 Å². The Bertz CT molecular complexity index is 1970. The molecule has 6 rings (SSSR count). The first-order valence-corrected chi connectivity index (χ1v) is 15.7. The Hall–Kier alpha value is -5.90. The second-order valence-electron chi connectivity index (χ2n) is 11.3. The minimum Gasteiger partial charge on any atom is -0.497 e. The second-order valence-corrected chi connectivity index (χ2v) is 11.3. The van der Waals surface area contributed by atoms with Crippen molar-refractivity contribution in [2.45, 2.75) is 39.9 Å². The highest BCUT2D eigenvalue weighted by molar-refractivity contribution is 6.01. The lowest BCUT2D eigenvalue weighted by molar-refractivity contribution is 0.0947. The number of nitrogens with zero attached hydrogens (tertiary/aromatic N) is 3. The maximum Gasteiger partial charge on any atom is 0.274 e. The topological polar surface area (TPSA) is 122 Å². The number of aromatic nitrogens is 3. The van der Waals surface area contributed by atoms with Crippen LogP contribution in [0, 0.1) is 0 Å². The molecule has 0 atom stereocenters. The van der Waals surface area contributed by atoms with Gasteiger partial charge in [-0.3, -0.25) is 4.79 Å². The smallest absolute Gasteiger partial charge is 0.274 e. The largest absolute Gasteiger partial charge is 0.497 e. The molecule has 10 heteroatoms. The number of carbonyl (C=O) groups excluding carboxylic acids is 1. The van der Waals surface area contributed by atoms with E-state index in [1.807, 2.05) is 91.9 Å². The zero-order chi connectivity index (χ0) is 33.5. The summed E-state index contributed by atoms with van der Waals surface area (Å²) in [6.45, 7) is 7.04. The second kappa shape index (κ2) is 14.7. The Kier molecular flexibility index (Phi) is 9.80. The van der Waals surface area contributed by atoms with Gasteiger partial charge in [-0.05, 0) is 59.9 Å². The lowest BCUT2D eigenvalue weighted by Gasteiger charge is -2.19. The van der Waals surface area contributed by atoms with Crippen molar-refractivity contribution in [3.63, 3.8) is 0 Å². The molecule has 0 saturated heterocycles. The third kappa shape index (κ3) is 7.07. The van der Waals surface area contributed by atoms with Crippen molar-refractivity contribution < 1.29 is 28.1 Å². The van der Waals surface area contributed by atoms with Crippen LogP contribution in [0.2, 0.25) is 0 Å². The molecule has 48 heavy (non-hydrogen) atoms. The van der Waals surface area contributed by atoms with E-state index in [0.717, 1.165) is 16.7 Å². The van der Waals surface area contributed by atoms with Gasteiger partial charge in [0.1, 0.15) is 36.0 Å². The number of rotatable bonds is 13. The first kappa shape index (κ1) is 32.1. The molecule has 0 unspecified atom stereocenters. The molecule has 0 aliphatic rings. The van der Waals surface area contributed by atoms with Crippen LogP contribution in [0.3, 0.4) is 0 Å². The van der Waals surface area contributed by atoms with Crippen molar-refractivity contribution in [2.75, 3.05) is 13.7 Å². The van der Waals surface area contributed by atoms with E-state index in [-0.39, 0.29) is 41.3 Å². The number of hydrogen-bond acceptors (Lipinski definition) is 9. The van der Waals surface area contributed by atoms with Crippen molar-refractivity contribution in [2.24, 2.45) is 0 Å². The number of benzene rings is 4. The average Bonchev–Trinajstić information content (AvgIpc) is 3.79. The third-order valence-electron chi connectivity index (χ3n) is 7.68. The molecule has 0 fully saturated rings. The predicted octanol–water partition coefficient (Wildman–Crippen LogP) is 8.10. The maximum absolute atomic E-state index is 13.3. The molecular formula is C38H36N4O6. The highest BCUT2D eigenvalue weighted by Crippen LogP contribution is 2.44. The van der Waals surface area contributed by atoms with Gasteiger partial charge in [-0.1, -0.05) is 84.8 Å². The van der Waals surface area contributed by atoms with E-state index < -0.39 is 5.91 Å². The number of ether oxygens (including phenoxy) is 3. The van der Waals surface area contributed by atoms with E-state index in [1.165, 1.54) is 0 Å². The molecule has 2 aromatic heterocycles. The first-order valence-electron chi connectivity index (χ1n) is 15.7. The molecular weight excluding hydrogens is 608 g/mol. The van der Waals surface area contributed by atoms with Crippen LogP contribution in [0.25, 0.3) is 34.2 Å². The van der Waals surface area contributed by atoms with Gasteiger partial charge < -0.3 is 28.6 Å². The van der Waals surface area contributed by atoms with Crippen LogP contribution < -0.4 is 19.5 Å².